The van der Waals surface area contributed by atoms with Crippen LogP contribution in [-0.4, -0.2) is 18.0 Å². The van der Waals surface area contributed by atoms with Crippen LogP contribution < -0.4 is 9.47 Å². The minimum absolute atomic E-state index is 0.0375. The SMILES string of the molecule is COc1ccc([N+](=O)[O-])cc1OC(=O)Cc1ccc(C)c(C)c1. The van der Waals surface area contributed by atoms with Gasteiger partial charge in [0.1, 0.15) is 0 Å². The van der Waals surface area contributed by atoms with Crippen LogP contribution in [-0.2, 0) is 11.2 Å². The molecular formula is C17H17NO5. The first-order valence-corrected chi connectivity index (χ1v) is 7.00. The highest BCUT2D eigenvalue weighted by atomic mass is 16.6. The predicted molar refractivity (Wildman–Crippen MR) is 84.9 cm³/mol. The molecule has 0 spiro atoms. The summed E-state index contributed by atoms with van der Waals surface area (Å²) in [6, 6.07) is 9.58. The Kier molecular flexibility index (Phi) is 4.95. The number of benzene rings is 2. The number of rotatable bonds is 5. The molecule has 0 fully saturated rings. The van der Waals surface area contributed by atoms with Crippen LogP contribution in [0.4, 0.5) is 5.69 Å². The van der Waals surface area contributed by atoms with Gasteiger partial charge in [-0.2, -0.15) is 0 Å². The number of carbonyl (C=O) groups excluding carboxylic acids is 1. The van der Waals surface area contributed by atoms with Gasteiger partial charge in [0, 0.05) is 6.07 Å². The van der Waals surface area contributed by atoms with E-state index >= 15 is 0 Å². The van der Waals surface area contributed by atoms with Crippen molar-refractivity contribution in [3.63, 3.8) is 0 Å². The van der Waals surface area contributed by atoms with Crippen LogP contribution in [0.2, 0.25) is 0 Å². The topological polar surface area (TPSA) is 78.7 Å². The third-order valence-electron chi connectivity index (χ3n) is 3.50. The molecule has 0 N–H and O–H groups in total. The summed E-state index contributed by atoms with van der Waals surface area (Å²) in [6.07, 6.45) is 0.0764. The number of hydrogen-bond donors (Lipinski definition) is 0. The molecular weight excluding hydrogens is 298 g/mol. The van der Waals surface area contributed by atoms with Gasteiger partial charge >= 0.3 is 5.97 Å². The second-order valence-electron chi connectivity index (χ2n) is 5.16. The molecule has 0 aliphatic carbocycles. The van der Waals surface area contributed by atoms with Gasteiger partial charge in [0.2, 0.25) is 0 Å². The minimum Gasteiger partial charge on any atom is -0.493 e. The van der Waals surface area contributed by atoms with Crippen molar-refractivity contribution >= 4 is 11.7 Å². The molecule has 6 heteroatoms. The van der Waals surface area contributed by atoms with Crippen molar-refractivity contribution in [2.45, 2.75) is 20.3 Å². The van der Waals surface area contributed by atoms with E-state index in [0.717, 1.165) is 16.7 Å². The van der Waals surface area contributed by atoms with Gasteiger partial charge in [-0.25, -0.2) is 0 Å². The van der Waals surface area contributed by atoms with Crippen LogP contribution in [0.1, 0.15) is 16.7 Å². The zero-order valence-corrected chi connectivity index (χ0v) is 13.2. The van der Waals surface area contributed by atoms with Crippen LogP contribution in [0.25, 0.3) is 0 Å². The van der Waals surface area contributed by atoms with Gasteiger partial charge in [-0.15, -0.1) is 0 Å². The van der Waals surface area contributed by atoms with Gasteiger partial charge in [0.25, 0.3) is 5.69 Å². The van der Waals surface area contributed by atoms with Gasteiger partial charge in [-0.05, 0) is 36.6 Å². The van der Waals surface area contributed by atoms with Gasteiger partial charge < -0.3 is 9.47 Å². The maximum absolute atomic E-state index is 12.1. The lowest BCUT2D eigenvalue weighted by Gasteiger charge is -2.09. The van der Waals surface area contributed by atoms with E-state index < -0.39 is 10.9 Å². The molecule has 0 aliphatic rings. The summed E-state index contributed by atoms with van der Waals surface area (Å²) in [5.41, 5.74) is 2.88. The quantitative estimate of drug-likeness (QED) is 0.366. The van der Waals surface area contributed by atoms with Crippen molar-refractivity contribution in [3.05, 3.63) is 63.2 Å². The van der Waals surface area contributed by atoms with E-state index in [2.05, 4.69) is 0 Å². The Morgan fingerprint density at radius 1 is 1.09 bits per heavy atom. The molecule has 23 heavy (non-hydrogen) atoms. The number of esters is 1. The highest BCUT2D eigenvalue weighted by molar-refractivity contribution is 5.76. The fourth-order valence-corrected chi connectivity index (χ4v) is 2.10. The van der Waals surface area contributed by atoms with E-state index in [0.29, 0.717) is 0 Å². The first-order chi connectivity index (χ1) is 10.9. The minimum atomic E-state index is -0.555. The monoisotopic (exact) mass is 315 g/mol. The van der Waals surface area contributed by atoms with E-state index in [-0.39, 0.29) is 23.6 Å². The predicted octanol–water partition coefficient (Wildman–Crippen LogP) is 3.37. The molecule has 0 aliphatic heterocycles. The zero-order chi connectivity index (χ0) is 17.0. The molecule has 6 nitrogen and oxygen atoms in total. The first-order valence-electron chi connectivity index (χ1n) is 7.00. The molecule has 0 bridgehead atoms. The number of nitrogens with zero attached hydrogens (tertiary/aromatic N) is 1. The summed E-state index contributed by atoms with van der Waals surface area (Å²) in [6.45, 7) is 3.96. The van der Waals surface area contributed by atoms with Crippen molar-refractivity contribution in [2.24, 2.45) is 0 Å². The molecule has 2 aromatic carbocycles. The number of nitro groups is 1. The molecule has 120 valence electrons. The second kappa shape index (κ2) is 6.91. The molecule has 0 amide bonds. The summed E-state index contributed by atoms with van der Waals surface area (Å²) in [7, 11) is 1.40. The number of carbonyl (C=O) groups is 1. The Labute approximate surface area is 133 Å². The van der Waals surface area contributed by atoms with Gasteiger partial charge in [-0.3, -0.25) is 14.9 Å². The number of methoxy groups -OCH3 is 1. The highest BCUT2D eigenvalue weighted by Gasteiger charge is 2.16. The molecule has 0 unspecified atom stereocenters. The molecule has 0 radical (unpaired) electrons. The first kappa shape index (κ1) is 16.5. The van der Waals surface area contributed by atoms with Gasteiger partial charge in [0.15, 0.2) is 11.5 Å². The van der Waals surface area contributed by atoms with Crippen LogP contribution in [0, 0.1) is 24.0 Å². The van der Waals surface area contributed by atoms with E-state index in [1.165, 1.54) is 25.3 Å². The Bertz CT molecular complexity index is 755. The summed E-state index contributed by atoms with van der Waals surface area (Å²) in [5, 5.41) is 10.8. The molecule has 2 aromatic rings. The fourth-order valence-electron chi connectivity index (χ4n) is 2.10. The van der Waals surface area contributed by atoms with Crippen molar-refractivity contribution < 1.29 is 19.2 Å². The largest absolute Gasteiger partial charge is 0.493 e. The van der Waals surface area contributed by atoms with Crippen molar-refractivity contribution in [2.75, 3.05) is 7.11 Å². The lowest BCUT2D eigenvalue weighted by molar-refractivity contribution is -0.384. The van der Waals surface area contributed by atoms with E-state index in [4.69, 9.17) is 9.47 Å². The molecule has 0 saturated carbocycles. The van der Waals surface area contributed by atoms with Gasteiger partial charge in [0.05, 0.1) is 24.5 Å². The zero-order valence-electron chi connectivity index (χ0n) is 13.2. The van der Waals surface area contributed by atoms with Crippen LogP contribution in [0.5, 0.6) is 11.5 Å². The second-order valence-corrected chi connectivity index (χ2v) is 5.16. The summed E-state index contributed by atoms with van der Waals surface area (Å²) < 4.78 is 10.3. The van der Waals surface area contributed by atoms with E-state index in [1.807, 2.05) is 32.0 Å². The van der Waals surface area contributed by atoms with E-state index in [1.54, 1.807) is 0 Å². The third-order valence-corrected chi connectivity index (χ3v) is 3.50. The Morgan fingerprint density at radius 2 is 1.83 bits per heavy atom. The summed E-state index contributed by atoms with van der Waals surface area (Å²) in [5.74, 6) is -0.202. The molecule has 0 atom stereocenters. The Balaban J connectivity index is 2.17. The smallest absolute Gasteiger partial charge is 0.315 e. The van der Waals surface area contributed by atoms with Crippen LogP contribution >= 0.6 is 0 Å². The summed E-state index contributed by atoms with van der Waals surface area (Å²) in [4.78, 5) is 22.3. The number of ether oxygens (including phenoxy) is 2. The normalized spacial score (nSPS) is 10.2. The van der Waals surface area contributed by atoms with Gasteiger partial charge in [-0.1, -0.05) is 18.2 Å². The molecule has 0 heterocycles. The van der Waals surface area contributed by atoms with Crippen molar-refractivity contribution in [1.82, 2.24) is 0 Å². The average molecular weight is 315 g/mol. The van der Waals surface area contributed by atoms with E-state index in [9.17, 15) is 14.9 Å². The number of non-ortho nitro benzene ring substituents is 1. The maximum atomic E-state index is 12.1. The number of nitro benzene ring substituents is 1. The lowest BCUT2D eigenvalue weighted by Crippen LogP contribution is -2.12. The van der Waals surface area contributed by atoms with Crippen molar-refractivity contribution in [3.8, 4) is 11.5 Å². The molecule has 0 saturated heterocycles. The fraction of sp³-hybridized carbons (Fsp3) is 0.235. The highest BCUT2D eigenvalue weighted by Crippen LogP contribution is 2.31. The Morgan fingerprint density at radius 3 is 2.43 bits per heavy atom. The number of hydrogen-bond acceptors (Lipinski definition) is 5. The average Bonchev–Trinajstić information content (AvgIpc) is 2.50. The standard InChI is InChI=1S/C17H17NO5/c1-11-4-5-13(8-12(11)2)9-17(19)23-16-10-14(18(20)21)6-7-15(16)22-3/h4-8,10H,9H2,1-3H3. The van der Waals surface area contributed by atoms with Crippen LogP contribution in [0.3, 0.4) is 0 Å². The Hall–Kier alpha value is -2.89. The van der Waals surface area contributed by atoms with Crippen molar-refractivity contribution in [1.29, 1.82) is 0 Å². The van der Waals surface area contributed by atoms with Crippen LogP contribution in [0.15, 0.2) is 36.4 Å². The molecule has 2 rings (SSSR count). The third kappa shape index (κ3) is 4.06. The molecule has 0 aromatic heterocycles. The lowest BCUT2D eigenvalue weighted by atomic mass is 10.0. The summed E-state index contributed by atoms with van der Waals surface area (Å²) >= 11 is 0. The maximum Gasteiger partial charge on any atom is 0.315 e. The number of aryl methyl sites for hydroxylation is 2.